The van der Waals surface area contributed by atoms with Crippen molar-refractivity contribution in [3.8, 4) is 17.1 Å². The van der Waals surface area contributed by atoms with E-state index < -0.39 is 0 Å². The van der Waals surface area contributed by atoms with E-state index in [0.717, 1.165) is 29.1 Å². The van der Waals surface area contributed by atoms with E-state index in [0.29, 0.717) is 0 Å². The van der Waals surface area contributed by atoms with Crippen LogP contribution in [-0.2, 0) is 19.9 Å². The van der Waals surface area contributed by atoms with E-state index in [-0.39, 0.29) is 0 Å². The van der Waals surface area contributed by atoms with Crippen molar-refractivity contribution >= 4 is 20.7 Å². The molecule has 0 bridgehead atoms. The minimum absolute atomic E-state index is 0.930. The molecule has 3 aromatic rings. The number of fused-ring (bicyclic) bond motifs is 7. The predicted octanol–water partition coefficient (Wildman–Crippen LogP) is 0.539. The Morgan fingerprint density at radius 1 is 1.23 bits per heavy atom. The summed E-state index contributed by atoms with van der Waals surface area (Å²) >= 11 is 1.09. The lowest BCUT2D eigenvalue weighted by molar-refractivity contribution is -0.669. The molecule has 5 rings (SSSR count). The number of aryl methyl sites for hydroxylation is 1. The van der Waals surface area contributed by atoms with Gasteiger partial charge < -0.3 is 4.57 Å². The zero-order valence-corrected chi connectivity index (χ0v) is 15.1. The minimum atomic E-state index is 0.930. The topological polar surface area (TPSA) is 21.7 Å². The molecule has 0 spiro atoms. The van der Waals surface area contributed by atoms with Crippen LogP contribution in [0.1, 0.15) is 28.2 Å². The number of benzene rings is 1. The second kappa shape index (κ2) is 4.10. The van der Waals surface area contributed by atoms with Gasteiger partial charge in [0.05, 0.1) is 12.7 Å². The molecule has 22 heavy (non-hydrogen) atoms. The van der Waals surface area contributed by atoms with Crippen molar-refractivity contribution in [3.63, 3.8) is 0 Å². The van der Waals surface area contributed by atoms with Gasteiger partial charge in [0.25, 0.3) is 16.3 Å². The van der Waals surface area contributed by atoms with Gasteiger partial charge in [-0.1, -0.05) is 23.3 Å². The number of rotatable bonds is 0. The van der Waals surface area contributed by atoms with E-state index in [9.17, 15) is 0 Å². The first-order valence-electron chi connectivity index (χ1n) is 7.75. The molecule has 0 fully saturated rings. The van der Waals surface area contributed by atoms with Gasteiger partial charge in [0.2, 0.25) is 0 Å². The van der Waals surface area contributed by atoms with Gasteiger partial charge >= 0.3 is 0 Å². The molecule has 3 nitrogen and oxygen atoms in total. The van der Waals surface area contributed by atoms with Crippen LogP contribution >= 0.6 is 0 Å². The Labute approximate surface area is 137 Å². The van der Waals surface area contributed by atoms with Crippen LogP contribution in [0.5, 0.6) is 0 Å². The maximum Gasteiger partial charge on any atom is 0.259 e. The van der Waals surface area contributed by atoms with Crippen molar-refractivity contribution in [3.05, 3.63) is 58.7 Å². The molecule has 0 amide bonds. The number of imidazole rings is 1. The number of hydrogen-bond acceptors (Lipinski definition) is 1. The van der Waals surface area contributed by atoms with Crippen molar-refractivity contribution in [1.29, 1.82) is 0 Å². The molecule has 0 atom stereocenters. The van der Waals surface area contributed by atoms with Gasteiger partial charge in [0.15, 0.2) is 17.3 Å². The summed E-state index contributed by atoms with van der Waals surface area (Å²) in [7, 11) is 2.08. The molecule has 0 N–H and O–H groups in total. The standard InChI is InChI=1S/C18H14N3.Al.2H/c1-11-5-3-6-12-9-14-17(16(11)12)21-15(19-14)10-13-7-4-8-20(2)18(13)21;;;/h3-4,6-7H,9-10H2,1-2H3;;;. The van der Waals surface area contributed by atoms with Crippen LogP contribution < -0.4 is 8.99 Å². The van der Waals surface area contributed by atoms with Crippen molar-refractivity contribution in [2.75, 3.05) is 0 Å². The fourth-order valence-electron chi connectivity index (χ4n) is 3.97. The summed E-state index contributed by atoms with van der Waals surface area (Å²) in [6, 6.07) is 8.76. The maximum atomic E-state index is 4.96. The predicted molar refractivity (Wildman–Crippen MR) is 87.5 cm³/mol. The summed E-state index contributed by atoms with van der Waals surface area (Å²) in [5, 5.41) is 0. The Morgan fingerprint density at radius 2 is 2.09 bits per heavy atom. The Morgan fingerprint density at radius 3 is 2.95 bits per heavy atom. The fourth-order valence-corrected chi connectivity index (χ4v) is 4.39. The molecule has 1 aliphatic carbocycles. The van der Waals surface area contributed by atoms with Crippen LogP contribution in [0.25, 0.3) is 17.1 Å². The zero-order valence-electron chi connectivity index (χ0n) is 13.1. The van der Waals surface area contributed by atoms with Crippen LogP contribution in [0, 0.1) is 13.1 Å². The van der Waals surface area contributed by atoms with Crippen LogP contribution in [0.3, 0.4) is 0 Å². The van der Waals surface area contributed by atoms with Crippen LogP contribution in [0.2, 0.25) is 0 Å². The van der Waals surface area contributed by atoms with Gasteiger partial charge in [-0.2, -0.15) is 6.07 Å². The second-order valence-electron chi connectivity index (χ2n) is 6.42. The fraction of sp³-hybridized carbons (Fsp3) is 0.222. The number of aromatic nitrogens is 3. The SMILES string of the molecule is Cc1[c]([AlH2])ccc2c1-c1c(nc3n1-c1c(cc[c-][n+]1C)C3)C2. The normalized spacial score (nSPS) is 13.7. The smallest absolute Gasteiger partial charge is 0.259 e. The average Bonchev–Trinajstić information content (AvgIpc) is 3.10. The third kappa shape index (κ3) is 1.42. The lowest BCUT2D eigenvalue weighted by atomic mass is 10.0. The Balaban J connectivity index is 1.88. The van der Waals surface area contributed by atoms with E-state index in [1.54, 1.807) is 0 Å². The molecule has 1 aromatic carbocycles. The molecular weight excluding hydrogens is 285 g/mol. The summed E-state index contributed by atoms with van der Waals surface area (Å²) in [6.07, 6.45) is 5.18. The largest absolute Gasteiger partial charge is 0.343 e. The number of hydrogen-bond donors (Lipinski definition) is 0. The highest BCUT2D eigenvalue weighted by Crippen LogP contribution is 2.42. The first-order valence-corrected chi connectivity index (χ1v) is 8.75. The van der Waals surface area contributed by atoms with E-state index in [2.05, 4.69) is 47.5 Å². The summed E-state index contributed by atoms with van der Waals surface area (Å²) in [5.74, 6) is 2.41. The molecule has 4 heteroatoms. The highest BCUT2D eigenvalue weighted by Gasteiger charge is 2.36. The lowest BCUT2D eigenvalue weighted by Crippen LogP contribution is -2.34. The number of pyridine rings is 1. The van der Waals surface area contributed by atoms with E-state index >= 15 is 0 Å². The molecule has 0 unspecified atom stereocenters. The quantitative estimate of drug-likeness (QED) is 0.232. The van der Waals surface area contributed by atoms with Gasteiger partial charge in [0.1, 0.15) is 0 Å². The summed E-state index contributed by atoms with van der Waals surface area (Å²) in [6.45, 7) is 2.27. The van der Waals surface area contributed by atoms with Crippen molar-refractivity contribution in [2.45, 2.75) is 19.8 Å². The van der Waals surface area contributed by atoms with Crippen LogP contribution in [-0.4, -0.2) is 25.8 Å². The number of nitrogens with zero attached hydrogens (tertiary/aromatic N) is 3. The van der Waals surface area contributed by atoms with E-state index in [4.69, 9.17) is 4.98 Å². The van der Waals surface area contributed by atoms with Crippen molar-refractivity contribution < 1.29 is 4.57 Å². The monoisotopic (exact) mass is 301 g/mol. The second-order valence-corrected chi connectivity index (χ2v) is 7.50. The molecule has 0 saturated heterocycles. The van der Waals surface area contributed by atoms with Crippen molar-refractivity contribution in [1.82, 2.24) is 9.55 Å². The lowest BCUT2D eigenvalue weighted by Gasteiger charge is -2.12. The molecule has 106 valence electrons. The highest BCUT2D eigenvalue weighted by molar-refractivity contribution is 6.33. The van der Waals surface area contributed by atoms with Crippen molar-refractivity contribution in [2.24, 2.45) is 7.05 Å². The first-order chi connectivity index (χ1) is 10.6. The average molecular weight is 301 g/mol. The molecule has 2 aromatic heterocycles. The molecule has 2 aliphatic rings. The molecular formula is C18H16AlN3. The third-order valence-electron chi connectivity index (χ3n) is 5.15. The summed E-state index contributed by atoms with van der Waals surface area (Å²) in [5.41, 5.74) is 8.23. The van der Waals surface area contributed by atoms with E-state index in [1.807, 2.05) is 6.07 Å². The Hall–Kier alpha value is -1.89. The summed E-state index contributed by atoms with van der Waals surface area (Å²) < 4.78 is 5.97. The summed E-state index contributed by atoms with van der Waals surface area (Å²) in [4.78, 5) is 4.96. The zero-order chi connectivity index (χ0) is 15.0. The van der Waals surface area contributed by atoms with Crippen LogP contribution in [0.4, 0.5) is 0 Å². The van der Waals surface area contributed by atoms with Gasteiger partial charge in [-0.3, -0.25) is 0 Å². The van der Waals surface area contributed by atoms with Gasteiger partial charge in [0, 0.05) is 24.6 Å². The molecule has 1 aliphatic heterocycles. The molecule has 3 heterocycles. The maximum absolute atomic E-state index is 4.96. The minimum Gasteiger partial charge on any atom is -0.343 e. The van der Waals surface area contributed by atoms with Gasteiger partial charge in [-0.05, 0) is 12.5 Å². The van der Waals surface area contributed by atoms with Crippen LogP contribution in [0.15, 0.2) is 24.3 Å². The Kier molecular flexibility index (Phi) is 2.35. The highest BCUT2D eigenvalue weighted by atomic mass is 27.0. The Bertz CT molecular complexity index is 969. The molecule has 0 radical (unpaired) electrons. The van der Waals surface area contributed by atoms with Gasteiger partial charge in [-0.25, -0.2) is 9.55 Å². The first kappa shape index (κ1) is 12.6. The van der Waals surface area contributed by atoms with Gasteiger partial charge in [-0.15, -0.1) is 10.5 Å². The third-order valence-corrected chi connectivity index (χ3v) is 6.24. The molecule has 0 saturated carbocycles. The van der Waals surface area contributed by atoms with E-state index in [1.165, 1.54) is 49.7 Å².